The number of halogens is 3. The Morgan fingerprint density at radius 2 is 1.94 bits per heavy atom. The molecule has 0 spiro atoms. The molecule has 1 N–H and O–H groups in total. The highest BCUT2D eigenvalue weighted by Gasteiger charge is 2.15. The monoisotopic (exact) mass is 260 g/mol. The number of anilines is 1. The Labute approximate surface area is 101 Å². The number of aliphatic imine (C=N–C) groups is 1. The van der Waals surface area contributed by atoms with Crippen LogP contribution in [0.15, 0.2) is 17.1 Å². The first kappa shape index (κ1) is 12.3. The van der Waals surface area contributed by atoms with Crippen LogP contribution >= 0.6 is 11.8 Å². The van der Waals surface area contributed by atoms with Crippen LogP contribution in [0.1, 0.15) is 6.92 Å². The lowest BCUT2D eigenvalue weighted by molar-refractivity contribution is 0.496. The Balaban J connectivity index is 2.16. The SMILES string of the molecule is CC1CN=C(Nc2cc(F)c(F)cc2F)SC1. The second kappa shape index (κ2) is 5.00. The molecule has 17 heavy (non-hydrogen) atoms. The highest BCUT2D eigenvalue weighted by molar-refractivity contribution is 8.14. The van der Waals surface area contributed by atoms with E-state index in [9.17, 15) is 13.2 Å². The van der Waals surface area contributed by atoms with Gasteiger partial charge >= 0.3 is 0 Å². The molecule has 1 aliphatic heterocycles. The van der Waals surface area contributed by atoms with Gasteiger partial charge in [-0.15, -0.1) is 0 Å². The quantitative estimate of drug-likeness (QED) is 0.784. The van der Waals surface area contributed by atoms with Crippen LogP contribution in [-0.4, -0.2) is 17.5 Å². The lowest BCUT2D eigenvalue weighted by Crippen LogP contribution is -2.19. The number of thioether (sulfide) groups is 1. The van der Waals surface area contributed by atoms with Gasteiger partial charge in [0.1, 0.15) is 5.82 Å². The van der Waals surface area contributed by atoms with Crippen molar-refractivity contribution in [2.75, 3.05) is 17.6 Å². The second-order valence-electron chi connectivity index (χ2n) is 3.93. The Kier molecular flexibility index (Phi) is 3.61. The number of rotatable bonds is 1. The number of nitrogens with one attached hydrogen (secondary N) is 1. The molecule has 1 aliphatic rings. The summed E-state index contributed by atoms with van der Waals surface area (Å²) in [7, 11) is 0. The van der Waals surface area contributed by atoms with E-state index in [1.165, 1.54) is 11.8 Å². The highest BCUT2D eigenvalue weighted by Crippen LogP contribution is 2.23. The third kappa shape index (κ3) is 2.94. The molecule has 1 heterocycles. The summed E-state index contributed by atoms with van der Waals surface area (Å²) in [5.41, 5.74) is -0.0929. The topological polar surface area (TPSA) is 24.4 Å². The Bertz CT molecular complexity index is 462. The van der Waals surface area contributed by atoms with Gasteiger partial charge in [0.15, 0.2) is 16.8 Å². The number of amidine groups is 1. The molecule has 0 saturated carbocycles. The van der Waals surface area contributed by atoms with Gasteiger partial charge in [0.05, 0.1) is 5.69 Å². The van der Waals surface area contributed by atoms with Crippen molar-refractivity contribution in [2.24, 2.45) is 10.9 Å². The Morgan fingerprint density at radius 1 is 1.24 bits per heavy atom. The second-order valence-corrected chi connectivity index (χ2v) is 4.94. The number of benzene rings is 1. The summed E-state index contributed by atoms with van der Waals surface area (Å²) in [6, 6.07) is 1.32. The van der Waals surface area contributed by atoms with Gasteiger partial charge in [-0.1, -0.05) is 18.7 Å². The van der Waals surface area contributed by atoms with E-state index in [-0.39, 0.29) is 5.69 Å². The average molecular weight is 260 g/mol. The molecule has 0 amide bonds. The first-order valence-electron chi connectivity index (χ1n) is 5.15. The minimum atomic E-state index is -1.19. The molecule has 1 aromatic carbocycles. The summed E-state index contributed by atoms with van der Waals surface area (Å²) in [5, 5.41) is 3.20. The van der Waals surface area contributed by atoms with Gasteiger partial charge < -0.3 is 5.32 Å². The zero-order valence-corrected chi connectivity index (χ0v) is 9.95. The fourth-order valence-electron chi connectivity index (χ4n) is 1.37. The maximum absolute atomic E-state index is 13.3. The van der Waals surface area contributed by atoms with Crippen LogP contribution in [0.4, 0.5) is 18.9 Å². The van der Waals surface area contributed by atoms with Gasteiger partial charge in [0, 0.05) is 24.4 Å². The lowest BCUT2D eigenvalue weighted by Gasteiger charge is -2.18. The van der Waals surface area contributed by atoms with Crippen molar-refractivity contribution in [3.05, 3.63) is 29.6 Å². The van der Waals surface area contributed by atoms with Gasteiger partial charge in [-0.25, -0.2) is 13.2 Å². The molecule has 1 atom stereocenters. The van der Waals surface area contributed by atoms with Gasteiger partial charge in [0.25, 0.3) is 0 Å². The predicted octanol–water partition coefficient (Wildman–Crippen LogP) is 3.25. The van der Waals surface area contributed by atoms with Crippen molar-refractivity contribution in [1.29, 1.82) is 0 Å². The number of hydrogen-bond donors (Lipinski definition) is 1. The first-order valence-corrected chi connectivity index (χ1v) is 6.13. The maximum atomic E-state index is 13.3. The minimum absolute atomic E-state index is 0.0929. The lowest BCUT2D eigenvalue weighted by atomic mass is 10.2. The number of hydrogen-bond acceptors (Lipinski definition) is 3. The summed E-state index contributed by atoms with van der Waals surface area (Å²) in [4.78, 5) is 4.18. The largest absolute Gasteiger partial charge is 0.333 e. The molecule has 0 aromatic heterocycles. The summed E-state index contributed by atoms with van der Waals surface area (Å²) >= 11 is 1.44. The minimum Gasteiger partial charge on any atom is -0.333 e. The third-order valence-electron chi connectivity index (χ3n) is 2.30. The van der Waals surface area contributed by atoms with Crippen LogP contribution < -0.4 is 5.32 Å². The van der Waals surface area contributed by atoms with Crippen LogP contribution in [0.5, 0.6) is 0 Å². The van der Waals surface area contributed by atoms with E-state index in [1.807, 2.05) is 0 Å². The van der Waals surface area contributed by atoms with Crippen molar-refractivity contribution < 1.29 is 13.2 Å². The standard InChI is InChI=1S/C11H11F3N2S/c1-6-4-15-11(17-5-6)16-10-3-8(13)7(12)2-9(10)14/h2-3,6H,4-5H2,1H3,(H,15,16). The molecule has 6 heteroatoms. The zero-order valence-electron chi connectivity index (χ0n) is 9.14. The molecule has 0 aliphatic carbocycles. The molecular weight excluding hydrogens is 249 g/mol. The van der Waals surface area contributed by atoms with Crippen molar-refractivity contribution >= 4 is 22.6 Å². The Hall–Kier alpha value is -1.17. The van der Waals surface area contributed by atoms with Gasteiger partial charge in [-0.2, -0.15) is 0 Å². The van der Waals surface area contributed by atoms with Crippen LogP contribution in [0.25, 0.3) is 0 Å². The summed E-state index contributed by atoms with van der Waals surface area (Å²) in [6.45, 7) is 2.71. The molecule has 1 unspecified atom stereocenters. The third-order valence-corrected chi connectivity index (χ3v) is 3.54. The molecule has 0 saturated heterocycles. The molecule has 92 valence electrons. The van der Waals surface area contributed by atoms with Crippen LogP contribution in [0.2, 0.25) is 0 Å². The molecule has 1 aromatic rings. The molecule has 0 bridgehead atoms. The summed E-state index contributed by atoms with van der Waals surface area (Å²) in [5.74, 6) is -1.76. The maximum Gasteiger partial charge on any atom is 0.161 e. The summed E-state index contributed by atoms with van der Waals surface area (Å²) < 4.78 is 39.0. The molecule has 2 nitrogen and oxygen atoms in total. The highest BCUT2D eigenvalue weighted by atomic mass is 32.2. The van der Waals surface area contributed by atoms with Crippen molar-refractivity contribution in [1.82, 2.24) is 0 Å². The van der Waals surface area contributed by atoms with Crippen LogP contribution in [0, 0.1) is 23.4 Å². The predicted molar refractivity (Wildman–Crippen MR) is 63.9 cm³/mol. The number of nitrogens with zero attached hydrogens (tertiary/aromatic N) is 1. The van der Waals surface area contributed by atoms with Gasteiger partial charge in [0.2, 0.25) is 0 Å². The Morgan fingerprint density at radius 3 is 2.59 bits per heavy atom. The van der Waals surface area contributed by atoms with Crippen LogP contribution in [0.3, 0.4) is 0 Å². The summed E-state index contributed by atoms with van der Waals surface area (Å²) in [6.07, 6.45) is 0. The van der Waals surface area contributed by atoms with Crippen molar-refractivity contribution in [2.45, 2.75) is 6.92 Å². The van der Waals surface area contributed by atoms with E-state index in [4.69, 9.17) is 0 Å². The average Bonchev–Trinajstić information content (AvgIpc) is 2.29. The van der Waals surface area contributed by atoms with Crippen molar-refractivity contribution in [3.8, 4) is 0 Å². The van der Waals surface area contributed by atoms with Crippen molar-refractivity contribution in [3.63, 3.8) is 0 Å². The molecule has 2 rings (SSSR count). The zero-order chi connectivity index (χ0) is 12.4. The molecule has 0 radical (unpaired) electrons. The normalized spacial score (nSPS) is 20.0. The first-order chi connectivity index (χ1) is 8.06. The fraction of sp³-hybridized carbons (Fsp3) is 0.364. The molecular formula is C11H11F3N2S. The van der Waals surface area contributed by atoms with E-state index in [2.05, 4.69) is 17.2 Å². The van der Waals surface area contributed by atoms with E-state index >= 15 is 0 Å². The van der Waals surface area contributed by atoms with Crippen LogP contribution in [-0.2, 0) is 0 Å². The van der Waals surface area contributed by atoms with E-state index in [0.29, 0.717) is 23.7 Å². The van der Waals surface area contributed by atoms with Gasteiger partial charge in [-0.05, 0) is 5.92 Å². The smallest absolute Gasteiger partial charge is 0.161 e. The fourth-order valence-corrected chi connectivity index (χ4v) is 2.26. The van der Waals surface area contributed by atoms with E-state index < -0.39 is 17.5 Å². The molecule has 0 fully saturated rings. The van der Waals surface area contributed by atoms with E-state index in [0.717, 1.165) is 11.8 Å². The van der Waals surface area contributed by atoms with E-state index in [1.54, 1.807) is 0 Å². The van der Waals surface area contributed by atoms with Gasteiger partial charge in [-0.3, -0.25) is 4.99 Å².